The Morgan fingerprint density at radius 1 is 1.40 bits per heavy atom. The second-order valence-corrected chi connectivity index (χ2v) is 4.68. The predicted molar refractivity (Wildman–Crippen MR) is 77.2 cm³/mol. The van der Waals surface area contributed by atoms with Crippen molar-refractivity contribution < 1.29 is 4.79 Å². The van der Waals surface area contributed by atoms with Crippen LogP contribution in [0.25, 0.3) is 10.9 Å². The molecule has 1 aromatic carbocycles. The fourth-order valence-electron chi connectivity index (χ4n) is 2.19. The fraction of sp³-hybridized carbons (Fsp3) is 0.143. The quantitative estimate of drug-likeness (QED) is 0.547. The van der Waals surface area contributed by atoms with E-state index in [0.717, 1.165) is 16.7 Å². The molecule has 0 fully saturated rings. The van der Waals surface area contributed by atoms with Gasteiger partial charge in [0.2, 0.25) is 0 Å². The lowest BCUT2D eigenvalue weighted by atomic mass is 10.1. The number of fused-ring (bicyclic) bond motifs is 1. The molecule has 0 radical (unpaired) electrons. The average Bonchev–Trinajstić information content (AvgIpc) is 3.07. The molecule has 0 saturated heterocycles. The molecule has 6 nitrogen and oxygen atoms in total. The normalized spacial score (nSPS) is 12.4. The van der Waals surface area contributed by atoms with Gasteiger partial charge in [-0.15, -0.1) is 0 Å². The zero-order valence-electron chi connectivity index (χ0n) is 11.0. The van der Waals surface area contributed by atoms with E-state index in [4.69, 9.17) is 5.73 Å². The highest BCUT2D eigenvalue weighted by Gasteiger charge is 2.16. The van der Waals surface area contributed by atoms with Crippen LogP contribution >= 0.6 is 0 Å². The van der Waals surface area contributed by atoms with Crippen molar-refractivity contribution >= 4 is 22.5 Å². The van der Waals surface area contributed by atoms with E-state index in [2.05, 4.69) is 20.3 Å². The number of carbonyl (C=O) groups excluding carboxylic acids is 1. The molecule has 1 unspecified atom stereocenters. The third-order valence-corrected chi connectivity index (χ3v) is 3.23. The Balaban J connectivity index is 1.86. The number of aromatic amines is 2. The van der Waals surface area contributed by atoms with Gasteiger partial charge < -0.3 is 21.0 Å². The molecule has 1 amide bonds. The van der Waals surface area contributed by atoms with Gasteiger partial charge in [0.05, 0.1) is 11.6 Å². The highest BCUT2D eigenvalue weighted by Crippen LogP contribution is 2.21. The summed E-state index contributed by atoms with van der Waals surface area (Å²) in [6, 6.07) is 5.25. The minimum Gasteiger partial charge on any atom is -0.399 e. The van der Waals surface area contributed by atoms with Crippen LogP contribution in [0.5, 0.6) is 0 Å². The second kappa shape index (κ2) is 4.73. The summed E-state index contributed by atoms with van der Waals surface area (Å²) in [4.78, 5) is 22.5. The Labute approximate surface area is 115 Å². The number of H-pyrrole nitrogens is 2. The fourth-order valence-corrected chi connectivity index (χ4v) is 2.19. The molecule has 5 N–H and O–H groups in total. The van der Waals surface area contributed by atoms with Crippen LogP contribution in [0.2, 0.25) is 0 Å². The van der Waals surface area contributed by atoms with Crippen molar-refractivity contribution in [1.29, 1.82) is 0 Å². The van der Waals surface area contributed by atoms with Crippen molar-refractivity contribution in [3.8, 4) is 0 Å². The summed E-state index contributed by atoms with van der Waals surface area (Å²) in [6.07, 6.45) is 5.08. The van der Waals surface area contributed by atoms with Gasteiger partial charge in [0.15, 0.2) is 0 Å². The minimum atomic E-state index is -0.184. The summed E-state index contributed by atoms with van der Waals surface area (Å²) in [5, 5.41) is 3.76. The maximum Gasteiger partial charge on any atom is 0.254 e. The summed E-state index contributed by atoms with van der Waals surface area (Å²) < 4.78 is 0. The zero-order chi connectivity index (χ0) is 14.1. The number of nitrogen functional groups attached to an aromatic ring is 1. The van der Waals surface area contributed by atoms with Crippen LogP contribution in [-0.2, 0) is 0 Å². The molecule has 0 saturated carbocycles. The predicted octanol–water partition coefficient (Wildman–Crippen LogP) is 1.96. The first kappa shape index (κ1) is 12.3. The van der Waals surface area contributed by atoms with Gasteiger partial charge >= 0.3 is 0 Å². The summed E-state index contributed by atoms with van der Waals surface area (Å²) in [7, 11) is 0. The molecule has 0 aliphatic carbocycles. The molecule has 6 heteroatoms. The lowest BCUT2D eigenvalue weighted by Crippen LogP contribution is -2.27. The number of nitrogens with one attached hydrogen (secondary N) is 3. The Morgan fingerprint density at radius 2 is 2.25 bits per heavy atom. The molecule has 20 heavy (non-hydrogen) atoms. The van der Waals surface area contributed by atoms with Crippen molar-refractivity contribution in [2.75, 3.05) is 5.73 Å². The molecule has 0 aliphatic heterocycles. The number of rotatable bonds is 3. The third-order valence-electron chi connectivity index (χ3n) is 3.23. The van der Waals surface area contributed by atoms with Gasteiger partial charge in [-0.25, -0.2) is 4.98 Å². The van der Waals surface area contributed by atoms with E-state index in [0.29, 0.717) is 11.3 Å². The first-order chi connectivity index (χ1) is 9.65. The van der Waals surface area contributed by atoms with Crippen molar-refractivity contribution in [1.82, 2.24) is 20.3 Å². The maximum absolute atomic E-state index is 12.3. The van der Waals surface area contributed by atoms with E-state index < -0.39 is 0 Å². The molecular weight excluding hydrogens is 254 g/mol. The largest absolute Gasteiger partial charge is 0.399 e. The monoisotopic (exact) mass is 269 g/mol. The molecule has 0 bridgehead atoms. The van der Waals surface area contributed by atoms with Crippen LogP contribution in [0.1, 0.15) is 29.1 Å². The van der Waals surface area contributed by atoms with Crippen molar-refractivity contribution in [3.63, 3.8) is 0 Å². The molecule has 3 rings (SSSR count). The Hall–Kier alpha value is -2.76. The number of imidazole rings is 1. The summed E-state index contributed by atoms with van der Waals surface area (Å²) in [6.45, 7) is 1.88. The molecule has 102 valence electrons. The summed E-state index contributed by atoms with van der Waals surface area (Å²) in [5.41, 5.74) is 7.83. The molecular formula is C14H15N5O. The highest BCUT2D eigenvalue weighted by molar-refractivity contribution is 6.07. The van der Waals surface area contributed by atoms with Gasteiger partial charge in [0, 0.05) is 35.2 Å². The van der Waals surface area contributed by atoms with E-state index in [-0.39, 0.29) is 11.9 Å². The highest BCUT2D eigenvalue weighted by atomic mass is 16.1. The van der Waals surface area contributed by atoms with Gasteiger partial charge in [-0.1, -0.05) is 0 Å². The topological polar surface area (TPSA) is 99.6 Å². The Bertz CT molecular complexity index is 744. The lowest BCUT2D eigenvalue weighted by Gasteiger charge is -2.10. The minimum absolute atomic E-state index is 0.148. The van der Waals surface area contributed by atoms with E-state index in [1.807, 2.05) is 19.1 Å². The Morgan fingerprint density at radius 3 is 3.00 bits per heavy atom. The van der Waals surface area contributed by atoms with Crippen molar-refractivity contribution in [2.45, 2.75) is 13.0 Å². The van der Waals surface area contributed by atoms with E-state index in [9.17, 15) is 4.79 Å². The number of hydrogen-bond donors (Lipinski definition) is 4. The number of aromatic nitrogens is 3. The number of amides is 1. The summed E-state index contributed by atoms with van der Waals surface area (Å²) >= 11 is 0. The third kappa shape index (κ3) is 2.11. The van der Waals surface area contributed by atoms with Gasteiger partial charge in [0.25, 0.3) is 5.91 Å². The Kier molecular flexibility index (Phi) is 2.90. The lowest BCUT2D eigenvalue weighted by molar-refractivity contribution is 0.0940. The number of anilines is 1. The smallest absolute Gasteiger partial charge is 0.254 e. The van der Waals surface area contributed by atoms with Crippen LogP contribution in [-0.4, -0.2) is 20.9 Å². The average molecular weight is 269 g/mol. The van der Waals surface area contributed by atoms with Gasteiger partial charge in [-0.2, -0.15) is 0 Å². The second-order valence-electron chi connectivity index (χ2n) is 4.68. The standard InChI is InChI=1S/C14H15N5O/c1-8(13-16-4-5-17-13)19-14(20)11-7-18-12-6-9(15)2-3-10(11)12/h2-8,18H,15H2,1H3,(H,16,17)(H,19,20). The number of carbonyl (C=O) groups is 1. The molecule has 2 heterocycles. The molecule has 2 aromatic heterocycles. The maximum atomic E-state index is 12.3. The zero-order valence-corrected chi connectivity index (χ0v) is 11.0. The van der Waals surface area contributed by atoms with Crippen LogP contribution in [0.3, 0.4) is 0 Å². The summed E-state index contributed by atoms with van der Waals surface area (Å²) in [5.74, 6) is 0.576. The van der Waals surface area contributed by atoms with Gasteiger partial charge in [0.1, 0.15) is 5.82 Å². The molecule has 0 aliphatic rings. The first-order valence-corrected chi connectivity index (χ1v) is 6.32. The van der Waals surface area contributed by atoms with E-state index in [1.165, 1.54) is 0 Å². The van der Waals surface area contributed by atoms with Crippen LogP contribution in [0, 0.1) is 0 Å². The van der Waals surface area contributed by atoms with Crippen molar-refractivity contribution in [2.24, 2.45) is 0 Å². The van der Waals surface area contributed by atoms with Gasteiger partial charge in [-0.05, 0) is 25.1 Å². The number of nitrogens with two attached hydrogens (primary N) is 1. The van der Waals surface area contributed by atoms with E-state index >= 15 is 0 Å². The van der Waals surface area contributed by atoms with Crippen LogP contribution in [0.4, 0.5) is 5.69 Å². The first-order valence-electron chi connectivity index (χ1n) is 6.32. The number of benzene rings is 1. The number of hydrogen-bond acceptors (Lipinski definition) is 3. The molecule has 1 atom stereocenters. The van der Waals surface area contributed by atoms with Crippen LogP contribution < -0.4 is 11.1 Å². The van der Waals surface area contributed by atoms with Crippen LogP contribution in [0.15, 0.2) is 36.8 Å². The van der Waals surface area contributed by atoms with Crippen molar-refractivity contribution in [3.05, 3.63) is 48.2 Å². The van der Waals surface area contributed by atoms with E-state index in [1.54, 1.807) is 24.7 Å². The molecule has 0 spiro atoms. The number of nitrogens with zero attached hydrogens (tertiary/aromatic N) is 1. The SMILES string of the molecule is CC(NC(=O)c1c[nH]c2cc(N)ccc12)c1ncc[nH]1. The molecule has 3 aromatic rings. The van der Waals surface area contributed by atoms with Gasteiger partial charge in [-0.3, -0.25) is 4.79 Å².